The van der Waals surface area contributed by atoms with E-state index in [1.165, 1.54) is 25.6 Å². The van der Waals surface area contributed by atoms with E-state index in [1.807, 2.05) is 6.26 Å². The van der Waals surface area contributed by atoms with Crippen molar-refractivity contribution in [3.63, 3.8) is 0 Å². The first-order chi connectivity index (χ1) is 25.4. The minimum absolute atomic E-state index is 0.106. The number of Topliss-reactive ketones (excluding diaryl/α,β-unsaturated/α-hetero) is 1. The van der Waals surface area contributed by atoms with Crippen LogP contribution in [0.25, 0.3) is 11.2 Å². The van der Waals surface area contributed by atoms with Crippen molar-refractivity contribution in [2.75, 3.05) is 44.0 Å². The summed E-state index contributed by atoms with van der Waals surface area (Å²) < 4.78 is 61.8. The van der Waals surface area contributed by atoms with E-state index in [4.69, 9.17) is 24.6 Å². The van der Waals surface area contributed by atoms with Gasteiger partial charge in [0.05, 0.1) is 13.2 Å². The number of nitrogens with two attached hydrogens (primary N) is 1. The Morgan fingerprint density at radius 1 is 1.07 bits per heavy atom. The first kappa shape index (κ1) is 46.4. The van der Waals surface area contributed by atoms with E-state index in [9.17, 15) is 62.7 Å². The number of ketones is 1. The number of carboxylic acid groups (broad SMARTS) is 1. The number of ether oxygens (including phenoxy) is 1. The van der Waals surface area contributed by atoms with Crippen LogP contribution in [0.4, 0.5) is 5.82 Å². The van der Waals surface area contributed by atoms with Gasteiger partial charge in [0, 0.05) is 30.7 Å². The third-order valence-electron chi connectivity index (χ3n) is 7.37. The Labute approximate surface area is 314 Å². The average Bonchev–Trinajstić information content (AvgIpc) is 3.59. The van der Waals surface area contributed by atoms with Gasteiger partial charge in [-0.3, -0.25) is 37.3 Å². The minimum Gasteiger partial charge on any atom is -0.481 e. The number of nitrogen functional groups attached to an aromatic ring is 1. The molecule has 2 amide bonds. The highest BCUT2D eigenvalue weighted by Crippen LogP contribution is 2.61. The predicted molar refractivity (Wildman–Crippen MR) is 185 cm³/mol. The number of aromatic nitrogens is 4. The summed E-state index contributed by atoms with van der Waals surface area (Å²) in [7, 11) is -16.8. The number of aliphatic hydroxyl groups is 2. The molecule has 0 spiro atoms. The van der Waals surface area contributed by atoms with Crippen molar-refractivity contribution in [1.82, 2.24) is 30.2 Å². The number of hydrogen-bond donors (Lipinski definition) is 10. The average molecular weight is 868 g/mol. The zero-order valence-corrected chi connectivity index (χ0v) is 32.6. The molecule has 0 bridgehead atoms. The van der Waals surface area contributed by atoms with Crippen molar-refractivity contribution in [2.45, 2.75) is 57.3 Å². The maximum Gasteiger partial charge on any atom is 0.481 e. The molecule has 1 fully saturated rings. The Hall–Kier alpha value is -2.97. The quantitative estimate of drug-likeness (QED) is 0.0276. The molecular formula is C25H40N7O19P3S. The van der Waals surface area contributed by atoms with Crippen LogP contribution < -0.4 is 16.4 Å². The number of imidazole rings is 1. The zero-order chi connectivity index (χ0) is 41.5. The molecule has 3 rings (SSSR count). The molecule has 0 aromatic carbocycles. The Balaban J connectivity index is 1.71. The van der Waals surface area contributed by atoms with Crippen LogP contribution in [-0.4, -0.2) is 141 Å². The number of amides is 2. The molecule has 7 atom stereocenters. The van der Waals surface area contributed by atoms with Gasteiger partial charge in [0.1, 0.15) is 37.2 Å². The van der Waals surface area contributed by atoms with Gasteiger partial charge in [0.25, 0.3) is 0 Å². The van der Waals surface area contributed by atoms with Crippen LogP contribution in [0.3, 0.4) is 0 Å². The van der Waals surface area contributed by atoms with Crippen LogP contribution >= 0.6 is 35.2 Å². The summed E-state index contributed by atoms with van der Waals surface area (Å²) in [5.74, 6) is -4.43. The molecule has 1 aliphatic rings. The third kappa shape index (κ3) is 13.3. The number of anilines is 1. The van der Waals surface area contributed by atoms with Gasteiger partial charge >= 0.3 is 29.4 Å². The monoisotopic (exact) mass is 867 g/mol. The maximum absolute atomic E-state index is 12.8. The lowest BCUT2D eigenvalue weighted by atomic mass is 9.87. The Kier molecular flexibility index (Phi) is 16.0. The number of aliphatic hydroxyl groups excluding tert-OH is 2. The van der Waals surface area contributed by atoms with Crippen LogP contribution in [-0.2, 0) is 50.7 Å². The van der Waals surface area contributed by atoms with Gasteiger partial charge in [-0.1, -0.05) is 13.8 Å². The smallest absolute Gasteiger partial charge is 0.481 e. The number of thioether (sulfide) groups is 1. The fourth-order valence-corrected chi connectivity index (χ4v) is 7.88. The minimum atomic E-state index is -5.70. The highest BCUT2D eigenvalue weighted by Gasteiger charge is 2.51. The second-order valence-corrected chi connectivity index (χ2v) is 17.4. The molecule has 2 aromatic rings. The molecule has 30 heteroatoms. The molecule has 2 aromatic heterocycles. The molecule has 2 unspecified atom stereocenters. The Morgan fingerprint density at radius 3 is 2.35 bits per heavy atom. The highest BCUT2D eigenvalue weighted by atomic mass is 32.2. The maximum atomic E-state index is 12.8. The Morgan fingerprint density at radius 2 is 1.73 bits per heavy atom. The van der Waals surface area contributed by atoms with Crippen molar-refractivity contribution >= 4 is 75.8 Å². The summed E-state index contributed by atoms with van der Waals surface area (Å²) in [5.41, 5.74) is 3.56. The third-order valence-corrected chi connectivity index (χ3v) is 11.1. The highest BCUT2D eigenvalue weighted by molar-refractivity contribution is 7.98. The normalized spacial score (nSPS) is 21.8. The molecule has 26 nitrogen and oxygen atoms in total. The lowest BCUT2D eigenvalue weighted by Gasteiger charge is -2.30. The van der Waals surface area contributed by atoms with E-state index in [2.05, 4.69) is 34.4 Å². The van der Waals surface area contributed by atoms with E-state index >= 15 is 0 Å². The van der Waals surface area contributed by atoms with Crippen LogP contribution in [0.5, 0.6) is 0 Å². The first-order valence-corrected chi connectivity index (χ1v) is 21.5. The van der Waals surface area contributed by atoms with Gasteiger partial charge in [0.15, 0.2) is 29.0 Å². The molecule has 1 saturated heterocycles. The number of aliphatic carboxylic acids is 1. The largest absolute Gasteiger partial charge is 0.481 e. The summed E-state index contributed by atoms with van der Waals surface area (Å²) in [6.45, 7) is 0.501. The fraction of sp³-hybridized carbons (Fsp3) is 0.640. The lowest BCUT2D eigenvalue weighted by molar-refractivity contribution is -0.137. The van der Waals surface area contributed by atoms with Gasteiger partial charge in [0.2, 0.25) is 17.6 Å². The number of rotatable bonds is 22. The number of nitrogens with one attached hydrogen (secondary N) is 2. The summed E-state index contributed by atoms with van der Waals surface area (Å²) in [4.78, 5) is 99.3. The molecule has 55 heavy (non-hydrogen) atoms. The van der Waals surface area contributed by atoms with Crippen molar-refractivity contribution in [1.29, 1.82) is 0 Å². The molecule has 3 heterocycles. The number of carbonyl (C=O) groups excluding carboxylic acids is 3. The van der Waals surface area contributed by atoms with Gasteiger partial charge in [-0.05, 0) is 6.26 Å². The summed E-state index contributed by atoms with van der Waals surface area (Å²) >= 11 is 1.51. The van der Waals surface area contributed by atoms with Crippen LogP contribution in [0.15, 0.2) is 6.33 Å². The number of hydrogen-bond acceptors (Lipinski definition) is 19. The standard InChI is InChI=1S/C25H40N7O19P3S/c1-25(2,19(38)23(39)28-5-4-14(34)27-6-7-55-3)10-48-54(45,46)51-53(43,44)47-9-13-18(50-52(40,41)42)17(37)24(49-13)32-21(12(33)8-15(35)36)31-16-20(26)29-11-30-22(16)32/h11,13,17-19,24,37-38H,4-10H2,1-3H3,(H,27,34)(H,28,39)(H,35,36)(H,43,44)(H,45,46)(H2,26,29,30)(H2,40,41,42)/t13-,17-,18-,19+,24-/m1/s1. The molecule has 310 valence electrons. The molecular weight excluding hydrogens is 827 g/mol. The van der Waals surface area contributed by atoms with Gasteiger partial charge in [-0.15, -0.1) is 0 Å². The molecule has 0 radical (unpaired) electrons. The van der Waals surface area contributed by atoms with Crippen molar-refractivity contribution in [3.05, 3.63) is 12.2 Å². The number of fused-ring (bicyclic) bond motifs is 1. The zero-order valence-electron chi connectivity index (χ0n) is 29.1. The second-order valence-electron chi connectivity index (χ2n) is 12.2. The number of phosphoric acid groups is 3. The van der Waals surface area contributed by atoms with Gasteiger partial charge in [-0.25, -0.2) is 28.6 Å². The van der Waals surface area contributed by atoms with Crippen LogP contribution in [0, 0.1) is 5.41 Å². The molecule has 0 aliphatic carbocycles. The summed E-state index contributed by atoms with van der Waals surface area (Å²) in [6.07, 6.45) is -8.61. The fourth-order valence-electron chi connectivity index (χ4n) is 4.74. The van der Waals surface area contributed by atoms with E-state index in [0.717, 1.165) is 10.9 Å². The van der Waals surface area contributed by atoms with Gasteiger partial charge in [-0.2, -0.15) is 16.1 Å². The summed E-state index contributed by atoms with van der Waals surface area (Å²) in [6, 6.07) is 0. The number of carboxylic acids is 1. The van der Waals surface area contributed by atoms with E-state index in [0.29, 0.717) is 12.3 Å². The van der Waals surface area contributed by atoms with Crippen molar-refractivity contribution in [3.8, 4) is 0 Å². The Bertz CT molecular complexity index is 1880. The number of phosphoric ester groups is 3. The van der Waals surface area contributed by atoms with Crippen molar-refractivity contribution in [2.24, 2.45) is 5.41 Å². The van der Waals surface area contributed by atoms with E-state index < -0.39 is 103 Å². The van der Waals surface area contributed by atoms with Crippen LogP contribution in [0.1, 0.15) is 43.5 Å². The molecule has 11 N–H and O–H groups in total. The van der Waals surface area contributed by atoms with Crippen molar-refractivity contribution < 1.29 is 90.4 Å². The van der Waals surface area contributed by atoms with E-state index in [-0.39, 0.29) is 35.9 Å². The SMILES string of the molecule is CSCCNC(=O)CCNC(=O)[C@H](O)C(C)(C)COP(=O)(O)OP(=O)(O)OC[C@H]1O[C@@H](n2c(C(=O)CC(=O)O)nc3c(N)ncnc32)[C@H](O)[C@@H]1OP(=O)(O)O. The first-order valence-electron chi connectivity index (χ1n) is 15.6. The summed E-state index contributed by atoms with van der Waals surface area (Å²) in [5, 5.41) is 35.7. The number of carbonyl (C=O) groups is 4. The predicted octanol–water partition coefficient (Wildman–Crippen LogP) is -1.57. The van der Waals surface area contributed by atoms with E-state index in [1.54, 1.807) is 0 Å². The molecule has 1 aliphatic heterocycles. The van der Waals surface area contributed by atoms with Crippen LogP contribution in [0.2, 0.25) is 0 Å². The second kappa shape index (κ2) is 19.0. The molecule has 0 saturated carbocycles. The number of nitrogens with zero attached hydrogens (tertiary/aromatic N) is 4. The van der Waals surface area contributed by atoms with Gasteiger partial charge < -0.3 is 56.0 Å². The topological polar surface area (TPSA) is 401 Å². The lowest BCUT2D eigenvalue weighted by Crippen LogP contribution is -2.46.